The van der Waals surface area contributed by atoms with E-state index in [2.05, 4.69) is 18.2 Å². The summed E-state index contributed by atoms with van der Waals surface area (Å²) < 4.78 is 17.4. The molecular weight excluding hydrogens is 340 g/mol. The fraction of sp³-hybridized carbons (Fsp3) is 0.227. The summed E-state index contributed by atoms with van der Waals surface area (Å²) in [5, 5.41) is 6.95. The molecule has 0 spiro atoms. The number of nitrogens with zero attached hydrogens (tertiary/aromatic N) is 2. The number of rotatable bonds is 3. The van der Waals surface area contributed by atoms with Gasteiger partial charge in [-0.3, -0.25) is 0 Å². The van der Waals surface area contributed by atoms with Gasteiger partial charge in [0, 0.05) is 12.0 Å². The number of methoxy groups -OCH3 is 1. The molecule has 5 nitrogen and oxygen atoms in total. The van der Waals surface area contributed by atoms with Crippen molar-refractivity contribution in [2.24, 2.45) is 5.10 Å². The van der Waals surface area contributed by atoms with Crippen molar-refractivity contribution in [1.29, 1.82) is 0 Å². The SMILES string of the molecule is COc1ccc(C2=NN3[C@H](C2)c2ccccc2O[C@@H]3c2ccc(C)o2)cc1. The molecule has 0 saturated heterocycles. The second-order valence-electron chi connectivity index (χ2n) is 6.83. The molecular formula is C22H20N2O3. The van der Waals surface area contributed by atoms with Gasteiger partial charge in [0.25, 0.3) is 0 Å². The maximum Gasteiger partial charge on any atom is 0.246 e. The number of para-hydroxylation sites is 1. The standard InChI is InChI=1S/C22H20N2O3/c1-14-7-12-21(26-14)22-24-19(17-5-3-4-6-20(17)27-22)13-18(23-24)15-8-10-16(25-2)11-9-15/h3-12,19,22H,13H2,1-2H3/t19-,22-/m1/s1. The average molecular weight is 360 g/mol. The highest BCUT2D eigenvalue weighted by atomic mass is 16.5. The summed E-state index contributed by atoms with van der Waals surface area (Å²) in [7, 11) is 1.67. The fourth-order valence-electron chi connectivity index (χ4n) is 3.77. The number of benzene rings is 2. The van der Waals surface area contributed by atoms with E-state index in [4.69, 9.17) is 19.0 Å². The van der Waals surface area contributed by atoms with E-state index in [1.165, 1.54) is 0 Å². The second kappa shape index (κ2) is 6.20. The van der Waals surface area contributed by atoms with Gasteiger partial charge in [-0.15, -0.1) is 0 Å². The number of hydrogen-bond donors (Lipinski definition) is 0. The van der Waals surface area contributed by atoms with E-state index in [9.17, 15) is 0 Å². The van der Waals surface area contributed by atoms with E-state index in [0.717, 1.165) is 46.3 Å². The number of furan rings is 1. The Morgan fingerprint density at radius 3 is 2.59 bits per heavy atom. The zero-order chi connectivity index (χ0) is 18.4. The number of ether oxygens (including phenoxy) is 2. The molecule has 136 valence electrons. The Kier molecular flexibility index (Phi) is 3.67. The smallest absolute Gasteiger partial charge is 0.246 e. The van der Waals surface area contributed by atoms with Gasteiger partial charge < -0.3 is 13.9 Å². The molecule has 27 heavy (non-hydrogen) atoms. The molecule has 2 aromatic carbocycles. The van der Waals surface area contributed by atoms with E-state index in [1.54, 1.807) is 7.11 Å². The Morgan fingerprint density at radius 2 is 1.85 bits per heavy atom. The molecule has 0 N–H and O–H groups in total. The highest BCUT2D eigenvalue weighted by Gasteiger charge is 2.42. The van der Waals surface area contributed by atoms with Crippen molar-refractivity contribution in [3.05, 3.63) is 83.3 Å². The lowest BCUT2D eigenvalue weighted by Gasteiger charge is -2.36. The molecule has 0 aliphatic carbocycles. The molecule has 5 heteroatoms. The van der Waals surface area contributed by atoms with Crippen molar-refractivity contribution >= 4 is 5.71 Å². The van der Waals surface area contributed by atoms with Crippen LogP contribution in [0, 0.1) is 6.92 Å². The Bertz CT molecular complexity index is 1010. The molecule has 0 radical (unpaired) electrons. The molecule has 0 unspecified atom stereocenters. The summed E-state index contributed by atoms with van der Waals surface area (Å²) in [6, 6.07) is 20.3. The first-order valence-electron chi connectivity index (χ1n) is 9.05. The second-order valence-corrected chi connectivity index (χ2v) is 6.83. The van der Waals surface area contributed by atoms with Crippen LogP contribution in [-0.2, 0) is 0 Å². The number of aryl methyl sites for hydroxylation is 1. The zero-order valence-electron chi connectivity index (χ0n) is 15.3. The van der Waals surface area contributed by atoms with Crippen LogP contribution in [0.5, 0.6) is 11.5 Å². The molecule has 2 aliphatic heterocycles. The fourth-order valence-corrected chi connectivity index (χ4v) is 3.77. The highest BCUT2D eigenvalue weighted by Crippen LogP contribution is 2.47. The van der Waals surface area contributed by atoms with Gasteiger partial charge in [-0.25, -0.2) is 5.01 Å². The van der Waals surface area contributed by atoms with E-state index in [1.807, 2.05) is 54.4 Å². The summed E-state index contributed by atoms with van der Waals surface area (Å²) in [4.78, 5) is 0. The van der Waals surface area contributed by atoms with Crippen LogP contribution in [0.1, 0.15) is 41.3 Å². The van der Waals surface area contributed by atoms with Crippen LogP contribution in [0.2, 0.25) is 0 Å². The van der Waals surface area contributed by atoms with Crippen molar-refractivity contribution in [1.82, 2.24) is 5.01 Å². The first-order valence-corrected chi connectivity index (χ1v) is 9.05. The van der Waals surface area contributed by atoms with E-state index < -0.39 is 0 Å². The van der Waals surface area contributed by atoms with Gasteiger partial charge in [0.2, 0.25) is 6.23 Å². The summed E-state index contributed by atoms with van der Waals surface area (Å²) in [5.41, 5.74) is 3.29. The summed E-state index contributed by atoms with van der Waals surface area (Å²) in [6.45, 7) is 1.94. The predicted octanol–water partition coefficient (Wildman–Crippen LogP) is 4.84. The van der Waals surface area contributed by atoms with Gasteiger partial charge in [0.05, 0.1) is 18.9 Å². The van der Waals surface area contributed by atoms with Gasteiger partial charge in [-0.2, -0.15) is 5.10 Å². The monoisotopic (exact) mass is 360 g/mol. The number of hydrogen-bond acceptors (Lipinski definition) is 5. The van der Waals surface area contributed by atoms with Crippen molar-refractivity contribution in [2.45, 2.75) is 25.6 Å². The van der Waals surface area contributed by atoms with Crippen molar-refractivity contribution in [3.63, 3.8) is 0 Å². The zero-order valence-corrected chi connectivity index (χ0v) is 15.3. The number of fused-ring (bicyclic) bond motifs is 3. The molecule has 3 aromatic rings. The minimum absolute atomic E-state index is 0.127. The van der Waals surface area contributed by atoms with Crippen LogP contribution in [0.4, 0.5) is 0 Å². The first-order chi connectivity index (χ1) is 13.2. The largest absolute Gasteiger partial charge is 0.497 e. The lowest BCUT2D eigenvalue weighted by molar-refractivity contribution is -0.0329. The maximum absolute atomic E-state index is 6.27. The summed E-state index contributed by atoms with van der Waals surface area (Å²) >= 11 is 0. The summed E-state index contributed by atoms with van der Waals surface area (Å²) in [6.07, 6.45) is 0.456. The van der Waals surface area contributed by atoms with Crippen molar-refractivity contribution in [3.8, 4) is 11.5 Å². The van der Waals surface area contributed by atoms with Gasteiger partial charge in [0.15, 0.2) is 5.76 Å². The number of hydrazone groups is 1. The Morgan fingerprint density at radius 1 is 1.04 bits per heavy atom. The van der Waals surface area contributed by atoms with E-state index in [0.29, 0.717) is 0 Å². The third-order valence-corrected chi connectivity index (χ3v) is 5.13. The normalized spacial score (nSPS) is 20.5. The van der Waals surface area contributed by atoms with Gasteiger partial charge >= 0.3 is 0 Å². The van der Waals surface area contributed by atoms with Crippen molar-refractivity contribution in [2.75, 3.05) is 7.11 Å². The van der Waals surface area contributed by atoms with Crippen LogP contribution in [0.3, 0.4) is 0 Å². The Balaban J connectivity index is 1.56. The third kappa shape index (κ3) is 2.67. The van der Waals surface area contributed by atoms with Gasteiger partial charge in [-0.05, 0) is 55.0 Å². The molecule has 2 atom stereocenters. The van der Waals surface area contributed by atoms with Gasteiger partial charge in [-0.1, -0.05) is 18.2 Å². The molecule has 0 saturated carbocycles. The average Bonchev–Trinajstić information content (AvgIpc) is 3.34. The Labute approximate surface area is 157 Å². The minimum atomic E-state index is -0.366. The predicted molar refractivity (Wildman–Crippen MR) is 102 cm³/mol. The lowest BCUT2D eigenvalue weighted by atomic mass is 9.96. The van der Waals surface area contributed by atoms with E-state index >= 15 is 0 Å². The minimum Gasteiger partial charge on any atom is -0.497 e. The lowest BCUT2D eigenvalue weighted by Crippen LogP contribution is -2.33. The first kappa shape index (κ1) is 16.0. The third-order valence-electron chi connectivity index (χ3n) is 5.13. The molecule has 0 fully saturated rings. The van der Waals surface area contributed by atoms with Crippen LogP contribution in [0.25, 0.3) is 0 Å². The van der Waals surface area contributed by atoms with Crippen LogP contribution in [-0.4, -0.2) is 17.8 Å². The molecule has 1 aromatic heterocycles. The van der Waals surface area contributed by atoms with Crippen molar-refractivity contribution < 1.29 is 13.9 Å². The highest BCUT2D eigenvalue weighted by molar-refractivity contribution is 6.02. The molecule has 3 heterocycles. The van der Waals surface area contributed by atoms with Crippen LogP contribution < -0.4 is 9.47 Å². The molecule has 5 rings (SSSR count). The Hall–Kier alpha value is -3.21. The van der Waals surface area contributed by atoms with Crippen LogP contribution in [0.15, 0.2) is 70.2 Å². The van der Waals surface area contributed by atoms with Crippen LogP contribution >= 0.6 is 0 Å². The molecule has 0 bridgehead atoms. The molecule has 2 aliphatic rings. The maximum atomic E-state index is 6.27. The topological polar surface area (TPSA) is 47.2 Å². The van der Waals surface area contributed by atoms with E-state index in [-0.39, 0.29) is 12.3 Å². The van der Waals surface area contributed by atoms with Gasteiger partial charge in [0.1, 0.15) is 17.3 Å². The molecule has 0 amide bonds. The summed E-state index contributed by atoms with van der Waals surface area (Å²) in [5.74, 6) is 3.37. The quantitative estimate of drug-likeness (QED) is 0.671.